The van der Waals surface area contributed by atoms with Crippen molar-refractivity contribution in [2.45, 2.75) is 0 Å². The zero-order valence-corrected chi connectivity index (χ0v) is 18.6. The topological polar surface area (TPSA) is 23.0 Å². The van der Waals surface area contributed by atoms with Crippen LogP contribution in [0.4, 0.5) is 0 Å². The first-order valence-corrected chi connectivity index (χ1v) is 11.6. The van der Waals surface area contributed by atoms with E-state index in [0.717, 1.165) is 27.5 Å². The molecule has 34 heavy (non-hydrogen) atoms. The lowest BCUT2D eigenvalue weighted by atomic mass is 10.1. The fourth-order valence-electron chi connectivity index (χ4n) is 5.87. The Morgan fingerprint density at radius 3 is 2.03 bits per heavy atom. The minimum absolute atomic E-state index is 0.929. The van der Waals surface area contributed by atoms with Gasteiger partial charge in [0.2, 0.25) is 0 Å². The predicted molar refractivity (Wildman–Crippen MR) is 142 cm³/mol. The SMILES string of the molecule is Cn1c2ccccc2c2c(-n3c4ccccc4c4c5oc6ccccc6c5ccc43)cccc21. The number of fused-ring (bicyclic) bond motifs is 10. The molecule has 0 fully saturated rings. The lowest BCUT2D eigenvalue weighted by Crippen LogP contribution is -1.95. The van der Waals surface area contributed by atoms with Gasteiger partial charge in [-0.2, -0.15) is 0 Å². The molecule has 0 radical (unpaired) electrons. The van der Waals surface area contributed by atoms with Gasteiger partial charge in [0, 0.05) is 39.5 Å². The van der Waals surface area contributed by atoms with Gasteiger partial charge in [-0.05, 0) is 42.5 Å². The van der Waals surface area contributed by atoms with Crippen LogP contribution in [0.1, 0.15) is 0 Å². The second-order valence-electron chi connectivity index (χ2n) is 9.03. The number of hydrogen-bond donors (Lipinski definition) is 0. The van der Waals surface area contributed by atoms with E-state index in [9.17, 15) is 0 Å². The number of furan rings is 1. The fraction of sp³-hybridized carbons (Fsp3) is 0.0323. The van der Waals surface area contributed by atoms with Gasteiger partial charge in [-0.3, -0.25) is 0 Å². The monoisotopic (exact) mass is 436 g/mol. The summed E-state index contributed by atoms with van der Waals surface area (Å²) >= 11 is 0. The summed E-state index contributed by atoms with van der Waals surface area (Å²) in [4.78, 5) is 0. The normalized spacial score (nSPS) is 12.3. The smallest absolute Gasteiger partial charge is 0.145 e. The average molecular weight is 437 g/mol. The molecule has 8 aromatic rings. The summed E-state index contributed by atoms with van der Waals surface area (Å²) in [5.74, 6) is 0. The maximum atomic E-state index is 6.47. The van der Waals surface area contributed by atoms with Crippen LogP contribution in [0, 0.1) is 0 Å². The molecule has 3 heterocycles. The standard InChI is InChI=1S/C31H20N2O/c1-32-23-12-5-2-10-21(23)29-25(32)14-8-15-26(29)33-24-13-6-3-11-22(24)30-27(33)18-17-20-19-9-4-7-16-28(19)34-31(20)30/h2-18H,1H3. The van der Waals surface area contributed by atoms with Crippen LogP contribution in [0.15, 0.2) is 108 Å². The molecule has 0 atom stereocenters. The zero-order valence-electron chi connectivity index (χ0n) is 18.6. The Kier molecular flexibility index (Phi) is 3.33. The summed E-state index contributed by atoms with van der Waals surface area (Å²) in [6.45, 7) is 0. The van der Waals surface area contributed by atoms with Crippen molar-refractivity contribution < 1.29 is 4.42 Å². The first-order chi connectivity index (χ1) is 16.8. The van der Waals surface area contributed by atoms with E-state index in [1.165, 1.54) is 43.8 Å². The summed E-state index contributed by atoms with van der Waals surface area (Å²) < 4.78 is 11.2. The van der Waals surface area contributed by atoms with Crippen molar-refractivity contribution in [3.05, 3.63) is 103 Å². The van der Waals surface area contributed by atoms with Crippen molar-refractivity contribution in [1.29, 1.82) is 0 Å². The van der Waals surface area contributed by atoms with Crippen molar-refractivity contribution in [2.75, 3.05) is 0 Å². The minimum atomic E-state index is 0.929. The van der Waals surface area contributed by atoms with Crippen LogP contribution in [0.5, 0.6) is 0 Å². The van der Waals surface area contributed by atoms with E-state index in [1.54, 1.807) is 0 Å². The first kappa shape index (κ1) is 18.0. The molecule has 160 valence electrons. The van der Waals surface area contributed by atoms with E-state index in [0.29, 0.717) is 0 Å². The second-order valence-corrected chi connectivity index (χ2v) is 9.03. The number of benzene rings is 5. The molecule has 0 aliphatic carbocycles. The van der Waals surface area contributed by atoms with Crippen LogP contribution in [-0.4, -0.2) is 9.13 Å². The van der Waals surface area contributed by atoms with E-state index in [2.05, 4.69) is 113 Å². The lowest BCUT2D eigenvalue weighted by molar-refractivity contribution is 0.673. The highest BCUT2D eigenvalue weighted by Gasteiger charge is 2.20. The summed E-state index contributed by atoms with van der Waals surface area (Å²) in [5, 5.41) is 7.24. The quantitative estimate of drug-likeness (QED) is 0.254. The Morgan fingerprint density at radius 2 is 1.18 bits per heavy atom. The number of aryl methyl sites for hydroxylation is 1. The van der Waals surface area contributed by atoms with Crippen LogP contribution in [-0.2, 0) is 7.05 Å². The van der Waals surface area contributed by atoms with Crippen LogP contribution in [0.25, 0.3) is 71.2 Å². The van der Waals surface area contributed by atoms with Crippen molar-refractivity contribution in [3.63, 3.8) is 0 Å². The second kappa shape index (κ2) is 6.30. The molecule has 0 aliphatic rings. The molecule has 0 aliphatic heterocycles. The van der Waals surface area contributed by atoms with Gasteiger partial charge in [0.1, 0.15) is 11.2 Å². The third-order valence-electron chi connectivity index (χ3n) is 7.34. The lowest BCUT2D eigenvalue weighted by Gasteiger charge is -2.10. The van der Waals surface area contributed by atoms with Gasteiger partial charge in [0.15, 0.2) is 0 Å². The number of rotatable bonds is 1. The molecule has 0 saturated heterocycles. The highest BCUT2D eigenvalue weighted by atomic mass is 16.3. The van der Waals surface area contributed by atoms with E-state index >= 15 is 0 Å². The third-order valence-corrected chi connectivity index (χ3v) is 7.34. The number of aromatic nitrogens is 2. The van der Waals surface area contributed by atoms with Gasteiger partial charge < -0.3 is 13.6 Å². The number of nitrogens with zero attached hydrogens (tertiary/aromatic N) is 2. The Hall–Kier alpha value is -4.50. The Bertz CT molecular complexity index is 2080. The summed E-state index contributed by atoms with van der Waals surface area (Å²) in [7, 11) is 2.15. The highest BCUT2D eigenvalue weighted by molar-refractivity contribution is 6.24. The molecule has 0 spiro atoms. The van der Waals surface area contributed by atoms with Crippen LogP contribution >= 0.6 is 0 Å². The molecule has 8 rings (SSSR count). The van der Waals surface area contributed by atoms with Crippen molar-refractivity contribution in [3.8, 4) is 5.69 Å². The van der Waals surface area contributed by atoms with E-state index in [4.69, 9.17) is 4.42 Å². The largest absolute Gasteiger partial charge is 0.455 e. The van der Waals surface area contributed by atoms with E-state index < -0.39 is 0 Å². The van der Waals surface area contributed by atoms with Gasteiger partial charge in [0.25, 0.3) is 0 Å². The van der Waals surface area contributed by atoms with Gasteiger partial charge >= 0.3 is 0 Å². The molecule has 3 aromatic heterocycles. The first-order valence-electron chi connectivity index (χ1n) is 11.6. The minimum Gasteiger partial charge on any atom is -0.455 e. The summed E-state index contributed by atoms with van der Waals surface area (Å²) in [6.07, 6.45) is 0. The maximum absolute atomic E-state index is 6.47. The van der Waals surface area contributed by atoms with Crippen LogP contribution in [0.3, 0.4) is 0 Å². The molecule has 0 bridgehead atoms. The summed E-state index contributed by atoms with van der Waals surface area (Å²) in [6, 6.07) is 36.7. The summed E-state index contributed by atoms with van der Waals surface area (Å²) in [5.41, 5.74) is 7.90. The van der Waals surface area contributed by atoms with Crippen LogP contribution < -0.4 is 0 Å². The Labute approximate surface area is 195 Å². The number of hydrogen-bond acceptors (Lipinski definition) is 1. The zero-order chi connectivity index (χ0) is 22.4. The molecule has 3 nitrogen and oxygen atoms in total. The molecule has 0 N–H and O–H groups in total. The number of para-hydroxylation sites is 3. The Balaban J connectivity index is 1.62. The molecule has 3 heteroatoms. The fourth-order valence-corrected chi connectivity index (χ4v) is 5.87. The molecule has 5 aromatic carbocycles. The van der Waals surface area contributed by atoms with Crippen molar-refractivity contribution >= 4 is 65.6 Å². The average Bonchev–Trinajstić information content (AvgIpc) is 3.52. The van der Waals surface area contributed by atoms with Gasteiger partial charge in [-0.25, -0.2) is 0 Å². The van der Waals surface area contributed by atoms with Gasteiger partial charge in [-0.1, -0.05) is 60.7 Å². The molecular formula is C31H20N2O. The van der Waals surface area contributed by atoms with E-state index in [-0.39, 0.29) is 0 Å². The molecule has 0 unspecified atom stereocenters. The van der Waals surface area contributed by atoms with Gasteiger partial charge in [0.05, 0.1) is 27.6 Å². The van der Waals surface area contributed by atoms with Gasteiger partial charge in [-0.15, -0.1) is 0 Å². The van der Waals surface area contributed by atoms with Crippen molar-refractivity contribution in [1.82, 2.24) is 9.13 Å². The molecule has 0 saturated carbocycles. The third kappa shape index (κ3) is 2.12. The maximum Gasteiger partial charge on any atom is 0.145 e. The predicted octanol–water partition coefficient (Wildman–Crippen LogP) is 8.33. The van der Waals surface area contributed by atoms with Crippen LogP contribution in [0.2, 0.25) is 0 Å². The van der Waals surface area contributed by atoms with Crippen molar-refractivity contribution in [2.24, 2.45) is 7.05 Å². The van der Waals surface area contributed by atoms with E-state index in [1.807, 2.05) is 6.07 Å². The highest BCUT2D eigenvalue weighted by Crippen LogP contribution is 2.42. The molecule has 0 amide bonds. The Morgan fingerprint density at radius 1 is 0.500 bits per heavy atom. The molecular weight excluding hydrogens is 416 g/mol.